The molecule has 6 heteroatoms. The lowest BCUT2D eigenvalue weighted by Gasteiger charge is -2.05. The number of nitrogens with zero attached hydrogens (tertiary/aromatic N) is 3. The summed E-state index contributed by atoms with van der Waals surface area (Å²) < 4.78 is 0. The van der Waals surface area contributed by atoms with Crippen molar-refractivity contribution in [3.63, 3.8) is 0 Å². The van der Waals surface area contributed by atoms with E-state index in [1.54, 1.807) is 0 Å². The number of nitrogens with two attached hydrogens (primary N) is 1. The van der Waals surface area contributed by atoms with Crippen LogP contribution in [0.4, 0.5) is 5.69 Å². The van der Waals surface area contributed by atoms with E-state index in [0.29, 0.717) is 12.4 Å². The number of rotatable bonds is 5. The molecule has 16 heavy (non-hydrogen) atoms. The fraction of sp³-hybridized carbons (Fsp3) is 0.300. The van der Waals surface area contributed by atoms with Crippen LogP contribution in [0.3, 0.4) is 0 Å². The molecule has 0 radical (unpaired) electrons. The molecular weight excluding hydrogens is 204 g/mol. The third-order valence-electron chi connectivity index (χ3n) is 2.18. The van der Waals surface area contributed by atoms with Gasteiger partial charge in [0.25, 0.3) is 0 Å². The maximum absolute atomic E-state index is 5.43. The zero-order valence-electron chi connectivity index (χ0n) is 8.85. The van der Waals surface area contributed by atoms with E-state index >= 15 is 0 Å². The Bertz CT molecular complexity index is 425. The topological polar surface area (TPSA) is 92.5 Å². The maximum atomic E-state index is 5.43. The Morgan fingerprint density at radius 2 is 2.31 bits per heavy atom. The van der Waals surface area contributed by atoms with Gasteiger partial charge >= 0.3 is 0 Å². The molecule has 4 N–H and O–H groups in total. The highest BCUT2D eigenvalue weighted by molar-refractivity contribution is 5.61. The first kappa shape index (κ1) is 10.6. The second kappa shape index (κ2) is 5.22. The van der Waals surface area contributed by atoms with Gasteiger partial charge in [-0.15, -0.1) is 10.2 Å². The van der Waals surface area contributed by atoms with Crippen molar-refractivity contribution in [2.75, 3.05) is 18.4 Å². The van der Waals surface area contributed by atoms with Crippen molar-refractivity contribution in [1.29, 1.82) is 0 Å². The molecule has 0 fully saturated rings. The van der Waals surface area contributed by atoms with Crippen LogP contribution in [-0.2, 0) is 0 Å². The lowest BCUT2D eigenvalue weighted by molar-refractivity contribution is 0.874. The number of hydrogen-bond acceptors (Lipinski definition) is 5. The summed E-state index contributed by atoms with van der Waals surface area (Å²) in [7, 11) is 0. The average molecular weight is 218 g/mol. The van der Waals surface area contributed by atoms with E-state index in [9.17, 15) is 0 Å². The van der Waals surface area contributed by atoms with Crippen LogP contribution in [0.15, 0.2) is 24.3 Å². The van der Waals surface area contributed by atoms with Crippen LogP contribution in [-0.4, -0.2) is 33.7 Å². The minimum atomic E-state index is 0.600. The van der Waals surface area contributed by atoms with Crippen LogP contribution >= 0.6 is 0 Å². The van der Waals surface area contributed by atoms with E-state index in [4.69, 9.17) is 5.73 Å². The molecule has 0 spiro atoms. The van der Waals surface area contributed by atoms with Crippen LogP contribution < -0.4 is 11.1 Å². The van der Waals surface area contributed by atoms with E-state index < -0.39 is 0 Å². The monoisotopic (exact) mass is 218 g/mol. The summed E-state index contributed by atoms with van der Waals surface area (Å²) in [5, 5.41) is 17.1. The third kappa shape index (κ3) is 2.54. The summed E-state index contributed by atoms with van der Waals surface area (Å²) in [4.78, 5) is 0. The van der Waals surface area contributed by atoms with E-state index in [1.165, 1.54) is 0 Å². The number of tetrazole rings is 1. The molecule has 0 amide bonds. The first-order chi connectivity index (χ1) is 7.90. The molecule has 2 rings (SSSR count). The zero-order valence-corrected chi connectivity index (χ0v) is 8.85. The van der Waals surface area contributed by atoms with Crippen molar-refractivity contribution in [3.8, 4) is 11.4 Å². The number of benzene rings is 1. The molecule has 1 aromatic heterocycles. The third-order valence-corrected chi connectivity index (χ3v) is 2.18. The molecule has 0 bridgehead atoms. The van der Waals surface area contributed by atoms with Gasteiger partial charge in [-0.25, -0.2) is 0 Å². The fourth-order valence-electron chi connectivity index (χ4n) is 1.39. The van der Waals surface area contributed by atoms with Crippen LogP contribution in [0.25, 0.3) is 11.4 Å². The van der Waals surface area contributed by atoms with Crippen LogP contribution in [0.5, 0.6) is 0 Å². The fourth-order valence-corrected chi connectivity index (χ4v) is 1.39. The number of hydrogen-bond donors (Lipinski definition) is 3. The summed E-state index contributed by atoms with van der Waals surface area (Å²) in [5.41, 5.74) is 7.40. The van der Waals surface area contributed by atoms with Crippen LogP contribution in [0.2, 0.25) is 0 Å². The van der Waals surface area contributed by atoms with Gasteiger partial charge in [0, 0.05) is 17.8 Å². The number of aromatic nitrogens is 4. The minimum Gasteiger partial charge on any atom is -0.385 e. The summed E-state index contributed by atoms with van der Waals surface area (Å²) in [5.74, 6) is 0.600. The summed E-state index contributed by atoms with van der Waals surface area (Å²) in [6.07, 6.45) is 0.951. The van der Waals surface area contributed by atoms with Crippen molar-refractivity contribution in [3.05, 3.63) is 24.3 Å². The molecule has 2 aromatic rings. The Morgan fingerprint density at radius 3 is 3.06 bits per heavy atom. The van der Waals surface area contributed by atoms with Gasteiger partial charge in [0.1, 0.15) is 0 Å². The van der Waals surface area contributed by atoms with E-state index in [1.807, 2.05) is 24.3 Å². The largest absolute Gasteiger partial charge is 0.385 e. The van der Waals surface area contributed by atoms with Gasteiger partial charge in [-0.2, -0.15) is 5.21 Å². The standard InChI is InChI=1S/C10H14N6/c11-5-2-6-12-9-4-1-3-8(7-9)10-13-15-16-14-10/h1,3-4,7,12H,2,5-6,11H2,(H,13,14,15,16). The maximum Gasteiger partial charge on any atom is 0.204 e. The molecule has 0 aliphatic heterocycles. The highest BCUT2D eigenvalue weighted by atomic mass is 15.5. The van der Waals surface area contributed by atoms with Crippen LogP contribution in [0, 0.1) is 0 Å². The lowest BCUT2D eigenvalue weighted by Crippen LogP contribution is -2.08. The van der Waals surface area contributed by atoms with Gasteiger partial charge in [-0.1, -0.05) is 12.1 Å². The number of H-pyrrole nitrogens is 1. The molecule has 1 heterocycles. The van der Waals surface area contributed by atoms with E-state index in [2.05, 4.69) is 25.9 Å². The zero-order chi connectivity index (χ0) is 11.2. The van der Waals surface area contributed by atoms with Crippen molar-refractivity contribution in [1.82, 2.24) is 20.6 Å². The molecule has 0 saturated heterocycles. The van der Waals surface area contributed by atoms with E-state index in [-0.39, 0.29) is 0 Å². The Kier molecular flexibility index (Phi) is 3.45. The van der Waals surface area contributed by atoms with Crippen LogP contribution in [0.1, 0.15) is 6.42 Å². The second-order valence-electron chi connectivity index (χ2n) is 3.39. The van der Waals surface area contributed by atoms with E-state index in [0.717, 1.165) is 24.2 Å². The summed E-state index contributed by atoms with van der Waals surface area (Å²) in [6, 6.07) is 7.89. The van der Waals surface area contributed by atoms with Gasteiger partial charge in [0.05, 0.1) is 0 Å². The smallest absolute Gasteiger partial charge is 0.204 e. The normalized spacial score (nSPS) is 10.3. The Morgan fingerprint density at radius 1 is 1.38 bits per heavy atom. The highest BCUT2D eigenvalue weighted by Crippen LogP contribution is 2.17. The molecule has 0 aliphatic carbocycles. The number of aromatic amines is 1. The molecule has 0 atom stereocenters. The Labute approximate surface area is 93.2 Å². The molecule has 1 aromatic carbocycles. The van der Waals surface area contributed by atoms with Crippen molar-refractivity contribution >= 4 is 5.69 Å². The quantitative estimate of drug-likeness (QED) is 0.640. The predicted molar refractivity (Wildman–Crippen MR) is 61.8 cm³/mol. The molecule has 0 saturated carbocycles. The Hall–Kier alpha value is -1.95. The number of anilines is 1. The molecule has 0 unspecified atom stereocenters. The highest BCUT2D eigenvalue weighted by Gasteiger charge is 2.02. The first-order valence-corrected chi connectivity index (χ1v) is 5.18. The second-order valence-corrected chi connectivity index (χ2v) is 3.39. The molecule has 84 valence electrons. The predicted octanol–water partition coefficient (Wildman–Crippen LogP) is 0.627. The van der Waals surface area contributed by atoms with Crippen molar-refractivity contribution in [2.24, 2.45) is 5.73 Å². The van der Waals surface area contributed by atoms with Gasteiger partial charge in [0.2, 0.25) is 5.82 Å². The summed E-state index contributed by atoms with van der Waals surface area (Å²) >= 11 is 0. The van der Waals surface area contributed by atoms with Gasteiger partial charge < -0.3 is 11.1 Å². The average Bonchev–Trinajstić information content (AvgIpc) is 2.83. The van der Waals surface area contributed by atoms with Crippen molar-refractivity contribution in [2.45, 2.75) is 6.42 Å². The molecule has 6 nitrogen and oxygen atoms in total. The molecule has 0 aliphatic rings. The Balaban J connectivity index is 2.08. The summed E-state index contributed by atoms with van der Waals surface area (Å²) in [6.45, 7) is 1.56. The van der Waals surface area contributed by atoms with Gasteiger partial charge in [-0.3, -0.25) is 0 Å². The SMILES string of the molecule is NCCCNc1cccc(-c2nn[nH]n2)c1. The van der Waals surface area contributed by atoms with Gasteiger partial charge in [0.15, 0.2) is 0 Å². The molecular formula is C10H14N6. The number of nitrogens with one attached hydrogen (secondary N) is 2. The minimum absolute atomic E-state index is 0.600. The van der Waals surface area contributed by atoms with Gasteiger partial charge in [-0.05, 0) is 30.3 Å². The lowest BCUT2D eigenvalue weighted by atomic mass is 10.2. The van der Waals surface area contributed by atoms with Crippen molar-refractivity contribution < 1.29 is 0 Å². The first-order valence-electron chi connectivity index (χ1n) is 5.18.